The van der Waals surface area contributed by atoms with Crippen LogP contribution in [0.2, 0.25) is 5.02 Å². The first kappa shape index (κ1) is 20.2. The number of hydrogen-bond donors (Lipinski definition) is 1. The second-order valence-corrected chi connectivity index (χ2v) is 6.98. The Morgan fingerprint density at radius 3 is 2.43 bits per heavy atom. The van der Waals surface area contributed by atoms with E-state index in [4.69, 9.17) is 16.0 Å². The van der Waals surface area contributed by atoms with E-state index in [0.29, 0.717) is 29.4 Å². The van der Waals surface area contributed by atoms with Gasteiger partial charge < -0.3 is 19.3 Å². The van der Waals surface area contributed by atoms with Gasteiger partial charge in [0.1, 0.15) is 17.6 Å². The first-order valence-corrected chi connectivity index (χ1v) is 9.65. The van der Waals surface area contributed by atoms with Gasteiger partial charge in [-0.3, -0.25) is 9.59 Å². The van der Waals surface area contributed by atoms with Crippen LogP contribution in [0.5, 0.6) is 0 Å². The highest BCUT2D eigenvalue weighted by atomic mass is 35.5. The van der Waals surface area contributed by atoms with Crippen LogP contribution in [0.15, 0.2) is 52.7 Å². The molecule has 7 heteroatoms. The summed E-state index contributed by atoms with van der Waals surface area (Å²) in [5.74, 6) is -1.14. The van der Waals surface area contributed by atoms with Crippen LogP contribution in [0.25, 0.3) is 5.76 Å². The summed E-state index contributed by atoms with van der Waals surface area (Å²) in [5, 5.41) is 11.4. The zero-order valence-corrected chi connectivity index (χ0v) is 16.6. The number of Topliss-reactive ketones (excluding diaryl/α,β-unsaturated/α-hetero) is 1. The normalized spacial score (nSPS) is 19.0. The fourth-order valence-corrected chi connectivity index (χ4v) is 3.53. The average molecular weight is 403 g/mol. The van der Waals surface area contributed by atoms with E-state index in [1.54, 1.807) is 36.4 Å². The van der Waals surface area contributed by atoms with Crippen LogP contribution in [0.3, 0.4) is 0 Å². The SMILES string of the molecule is CCN(CC)CCN1C(=O)C(=O)C(=C(O)c2ccc(Cl)cc2)[C@H]1c1ccco1. The molecule has 1 aromatic carbocycles. The molecule has 1 aliphatic rings. The Hall–Kier alpha value is -2.57. The minimum atomic E-state index is -0.763. The summed E-state index contributed by atoms with van der Waals surface area (Å²) in [5.41, 5.74) is 0.449. The molecule has 0 saturated carbocycles. The van der Waals surface area contributed by atoms with Crippen molar-refractivity contribution in [1.82, 2.24) is 9.80 Å². The highest BCUT2D eigenvalue weighted by Crippen LogP contribution is 2.39. The maximum atomic E-state index is 12.8. The van der Waals surface area contributed by atoms with Crippen LogP contribution in [-0.4, -0.2) is 52.8 Å². The zero-order valence-electron chi connectivity index (χ0n) is 15.9. The number of furan rings is 1. The van der Waals surface area contributed by atoms with Gasteiger partial charge in [0.05, 0.1) is 11.8 Å². The Labute approximate surface area is 169 Å². The molecule has 1 aliphatic heterocycles. The van der Waals surface area contributed by atoms with E-state index in [-0.39, 0.29) is 11.3 Å². The molecule has 28 heavy (non-hydrogen) atoms. The van der Waals surface area contributed by atoms with Gasteiger partial charge in [-0.1, -0.05) is 25.4 Å². The van der Waals surface area contributed by atoms with Crippen molar-refractivity contribution in [3.05, 3.63) is 64.6 Å². The van der Waals surface area contributed by atoms with Gasteiger partial charge >= 0.3 is 0 Å². The van der Waals surface area contributed by atoms with Gasteiger partial charge in [0.15, 0.2) is 0 Å². The van der Waals surface area contributed by atoms with Gasteiger partial charge in [-0.25, -0.2) is 0 Å². The number of halogens is 1. The Balaban J connectivity index is 2.03. The second-order valence-electron chi connectivity index (χ2n) is 6.54. The number of carbonyl (C=O) groups is 2. The molecule has 2 aromatic rings. The molecule has 1 N–H and O–H groups in total. The summed E-state index contributed by atoms with van der Waals surface area (Å²) < 4.78 is 5.51. The summed E-state index contributed by atoms with van der Waals surface area (Å²) >= 11 is 5.91. The molecule has 0 aliphatic carbocycles. The number of benzene rings is 1. The van der Waals surface area contributed by atoms with Crippen LogP contribution in [0.4, 0.5) is 0 Å². The molecule has 1 saturated heterocycles. The molecule has 1 amide bonds. The van der Waals surface area contributed by atoms with Crippen LogP contribution in [0, 0.1) is 0 Å². The monoisotopic (exact) mass is 402 g/mol. The summed E-state index contributed by atoms with van der Waals surface area (Å²) in [6.07, 6.45) is 1.49. The van der Waals surface area contributed by atoms with Crippen molar-refractivity contribution in [3.8, 4) is 0 Å². The van der Waals surface area contributed by atoms with Crippen molar-refractivity contribution < 1.29 is 19.1 Å². The van der Waals surface area contributed by atoms with Gasteiger partial charge in [0.2, 0.25) is 0 Å². The predicted molar refractivity (Wildman–Crippen MR) is 107 cm³/mol. The zero-order chi connectivity index (χ0) is 20.3. The number of carbonyl (C=O) groups excluding carboxylic acids is 2. The van der Waals surface area contributed by atoms with E-state index >= 15 is 0 Å². The van der Waals surface area contributed by atoms with Crippen molar-refractivity contribution in [2.24, 2.45) is 0 Å². The third kappa shape index (κ3) is 3.84. The van der Waals surface area contributed by atoms with Crippen molar-refractivity contribution in [2.75, 3.05) is 26.2 Å². The average Bonchev–Trinajstić information content (AvgIpc) is 3.31. The molecule has 0 bridgehead atoms. The Kier molecular flexibility index (Phi) is 6.21. The number of aliphatic hydroxyl groups excluding tert-OH is 1. The molecule has 148 valence electrons. The second kappa shape index (κ2) is 8.63. The minimum Gasteiger partial charge on any atom is -0.507 e. The largest absolute Gasteiger partial charge is 0.507 e. The smallest absolute Gasteiger partial charge is 0.295 e. The van der Waals surface area contributed by atoms with Crippen LogP contribution in [-0.2, 0) is 9.59 Å². The van der Waals surface area contributed by atoms with E-state index in [1.165, 1.54) is 11.2 Å². The lowest BCUT2D eigenvalue weighted by atomic mass is 9.99. The molecule has 2 heterocycles. The molecule has 1 aromatic heterocycles. The maximum Gasteiger partial charge on any atom is 0.295 e. The molecular formula is C21H23ClN2O4. The Bertz CT molecular complexity index is 870. The number of aliphatic hydroxyl groups is 1. The quantitative estimate of drug-likeness (QED) is 0.434. The molecular weight excluding hydrogens is 380 g/mol. The summed E-state index contributed by atoms with van der Waals surface area (Å²) in [4.78, 5) is 29.2. The van der Waals surface area contributed by atoms with Gasteiger partial charge in [-0.15, -0.1) is 0 Å². The van der Waals surface area contributed by atoms with Crippen LogP contribution < -0.4 is 0 Å². The fourth-order valence-electron chi connectivity index (χ4n) is 3.41. The van der Waals surface area contributed by atoms with Gasteiger partial charge in [0.25, 0.3) is 11.7 Å². The number of ketones is 1. The number of hydrogen-bond acceptors (Lipinski definition) is 5. The molecule has 1 atom stereocenters. The highest BCUT2D eigenvalue weighted by Gasteiger charge is 2.47. The third-order valence-electron chi connectivity index (χ3n) is 5.02. The van der Waals surface area contributed by atoms with Gasteiger partial charge in [-0.2, -0.15) is 0 Å². The van der Waals surface area contributed by atoms with Crippen LogP contribution in [0.1, 0.15) is 31.2 Å². The highest BCUT2D eigenvalue weighted by molar-refractivity contribution is 6.46. The number of nitrogens with zero attached hydrogens (tertiary/aromatic N) is 2. The molecule has 6 nitrogen and oxygen atoms in total. The molecule has 1 fully saturated rings. The summed E-state index contributed by atoms with van der Waals surface area (Å²) in [6, 6.07) is 9.10. The van der Waals surface area contributed by atoms with E-state index in [9.17, 15) is 14.7 Å². The van der Waals surface area contributed by atoms with Crippen molar-refractivity contribution in [2.45, 2.75) is 19.9 Å². The van der Waals surface area contributed by atoms with Crippen LogP contribution >= 0.6 is 11.6 Å². The summed E-state index contributed by atoms with van der Waals surface area (Å²) in [7, 11) is 0. The number of likely N-dealkylation sites (N-methyl/N-ethyl adjacent to an activating group) is 1. The van der Waals surface area contributed by atoms with E-state index in [2.05, 4.69) is 4.90 Å². The molecule has 0 radical (unpaired) electrons. The van der Waals surface area contributed by atoms with Crippen molar-refractivity contribution in [1.29, 1.82) is 0 Å². The number of rotatable bonds is 7. The Morgan fingerprint density at radius 1 is 1.18 bits per heavy atom. The van der Waals surface area contributed by atoms with Crippen molar-refractivity contribution >= 4 is 29.1 Å². The maximum absolute atomic E-state index is 12.8. The summed E-state index contributed by atoms with van der Waals surface area (Å²) in [6.45, 7) is 6.75. The first-order chi connectivity index (χ1) is 13.5. The fraction of sp³-hybridized carbons (Fsp3) is 0.333. The first-order valence-electron chi connectivity index (χ1n) is 9.28. The third-order valence-corrected chi connectivity index (χ3v) is 5.27. The van der Waals surface area contributed by atoms with Crippen molar-refractivity contribution in [3.63, 3.8) is 0 Å². The van der Waals surface area contributed by atoms with E-state index in [0.717, 1.165) is 13.1 Å². The molecule has 3 rings (SSSR count). The number of likely N-dealkylation sites (tertiary alicyclic amines) is 1. The lowest BCUT2D eigenvalue weighted by Gasteiger charge is -2.26. The lowest BCUT2D eigenvalue weighted by molar-refractivity contribution is -0.140. The van der Waals surface area contributed by atoms with E-state index in [1.807, 2.05) is 13.8 Å². The predicted octanol–water partition coefficient (Wildman–Crippen LogP) is 3.70. The molecule has 0 unspecified atom stereocenters. The standard InChI is InChI=1S/C21H23ClN2O4/c1-3-23(4-2)11-12-24-18(16-6-5-13-28-16)17(20(26)21(24)27)19(25)14-7-9-15(22)10-8-14/h5-10,13,18,25H,3-4,11-12H2,1-2H3/t18-/m1/s1. The molecule has 0 spiro atoms. The number of amides is 1. The van der Waals surface area contributed by atoms with Gasteiger partial charge in [0, 0.05) is 23.7 Å². The lowest BCUT2D eigenvalue weighted by Crippen LogP contribution is -2.37. The Morgan fingerprint density at radius 2 is 1.86 bits per heavy atom. The van der Waals surface area contributed by atoms with Gasteiger partial charge in [-0.05, 0) is 49.5 Å². The topological polar surface area (TPSA) is 74.0 Å². The minimum absolute atomic E-state index is 0.0295. The van der Waals surface area contributed by atoms with E-state index < -0.39 is 17.7 Å².